The summed E-state index contributed by atoms with van der Waals surface area (Å²) >= 11 is 7.75. The molecule has 4 nitrogen and oxygen atoms in total. The molecule has 0 spiro atoms. The maximum Gasteiger partial charge on any atom is 0.222 e. The topological polar surface area (TPSA) is 49.8 Å². The number of carbonyl (C=O) groups excluding carboxylic acids is 1. The van der Waals surface area contributed by atoms with Crippen LogP contribution in [0.15, 0.2) is 65.7 Å². The largest absolute Gasteiger partial charge is 0.361 e. The lowest BCUT2D eigenvalue weighted by molar-refractivity contribution is -0.121. The molecule has 4 rings (SSSR count). The number of aromatic amines is 1. The lowest BCUT2D eigenvalue weighted by Gasteiger charge is -2.18. The molecule has 0 bridgehead atoms. The highest BCUT2D eigenvalue weighted by Gasteiger charge is 2.17. The van der Waals surface area contributed by atoms with Gasteiger partial charge in [0.15, 0.2) is 0 Å². The highest BCUT2D eigenvalue weighted by atomic mass is 35.5. The van der Waals surface area contributed by atoms with Gasteiger partial charge in [-0.2, -0.15) is 11.3 Å². The standard InChI is InChI=1S/C21H20ClN3OS/c22-17-3-4-19-18(11-17)15(13-24-19)5-7-23-21(26)12-20(16-6-10-27-14-16)25-8-1-2-9-25/h1-4,6,8-11,13-14,20,24H,5,7,12H2,(H,23,26)/t20-/m0/s1. The van der Waals surface area contributed by atoms with Gasteiger partial charge in [-0.1, -0.05) is 11.6 Å². The molecule has 3 aromatic heterocycles. The van der Waals surface area contributed by atoms with Crippen molar-refractivity contribution < 1.29 is 4.79 Å². The molecule has 0 aliphatic carbocycles. The van der Waals surface area contributed by atoms with Crippen molar-refractivity contribution in [1.82, 2.24) is 14.9 Å². The van der Waals surface area contributed by atoms with Gasteiger partial charge in [0.1, 0.15) is 0 Å². The molecule has 1 amide bonds. The smallest absolute Gasteiger partial charge is 0.222 e. The Bertz CT molecular complexity index is 987. The summed E-state index contributed by atoms with van der Waals surface area (Å²) < 4.78 is 2.09. The van der Waals surface area contributed by atoms with E-state index in [1.165, 1.54) is 0 Å². The van der Waals surface area contributed by atoms with Crippen molar-refractivity contribution in [3.8, 4) is 0 Å². The quantitative estimate of drug-likeness (QED) is 0.451. The molecule has 0 fully saturated rings. The van der Waals surface area contributed by atoms with Crippen molar-refractivity contribution in [2.45, 2.75) is 18.9 Å². The van der Waals surface area contributed by atoms with Gasteiger partial charge in [0.2, 0.25) is 5.91 Å². The van der Waals surface area contributed by atoms with Crippen LogP contribution in [0.4, 0.5) is 0 Å². The Kier molecular flexibility index (Phi) is 5.32. The maximum atomic E-state index is 12.5. The summed E-state index contributed by atoms with van der Waals surface area (Å²) in [6.07, 6.45) is 7.18. The highest BCUT2D eigenvalue weighted by molar-refractivity contribution is 7.08. The van der Waals surface area contributed by atoms with Crippen molar-refractivity contribution >= 4 is 39.7 Å². The normalized spacial score (nSPS) is 12.3. The fourth-order valence-corrected chi connectivity index (χ4v) is 4.24. The second kappa shape index (κ2) is 8.03. The monoisotopic (exact) mass is 397 g/mol. The van der Waals surface area contributed by atoms with Crippen LogP contribution in [-0.4, -0.2) is 22.0 Å². The molecule has 6 heteroatoms. The van der Waals surface area contributed by atoms with Gasteiger partial charge < -0.3 is 14.9 Å². The van der Waals surface area contributed by atoms with Crippen LogP contribution in [0.25, 0.3) is 10.9 Å². The number of hydrogen-bond donors (Lipinski definition) is 2. The molecule has 1 atom stereocenters. The highest BCUT2D eigenvalue weighted by Crippen LogP contribution is 2.25. The fraction of sp³-hybridized carbons (Fsp3) is 0.190. The number of aromatic nitrogens is 2. The molecule has 2 N–H and O–H groups in total. The third-order valence-corrected chi connectivity index (χ3v) is 5.68. The minimum atomic E-state index is 0.0261. The predicted molar refractivity (Wildman–Crippen MR) is 112 cm³/mol. The summed E-state index contributed by atoms with van der Waals surface area (Å²) in [6, 6.07) is 11.9. The first kappa shape index (κ1) is 17.9. The summed E-state index contributed by atoms with van der Waals surface area (Å²) in [5, 5.41) is 9.04. The van der Waals surface area contributed by atoms with Gasteiger partial charge in [-0.05, 0) is 64.7 Å². The summed E-state index contributed by atoms with van der Waals surface area (Å²) in [6.45, 7) is 0.598. The zero-order chi connectivity index (χ0) is 18.6. The molecule has 0 saturated heterocycles. The van der Waals surface area contributed by atoms with E-state index >= 15 is 0 Å². The molecule has 4 aromatic rings. The Labute approximate surface area is 166 Å². The zero-order valence-electron chi connectivity index (χ0n) is 14.7. The van der Waals surface area contributed by atoms with E-state index < -0.39 is 0 Å². The van der Waals surface area contributed by atoms with Gasteiger partial charge in [0, 0.05) is 41.1 Å². The number of nitrogens with zero attached hydrogens (tertiary/aromatic N) is 1. The number of thiophene rings is 1. The lowest BCUT2D eigenvalue weighted by atomic mass is 10.1. The fourth-order valence-electron chi connectivity index (χ4n) is 3.36. The molecule has 0 aliphatic heterocycles. The molecule has 0 unspecified atom stereocenters. The summed E-state index contributed by atoms with van der Waals surface area (Å²) in [5.74, 6) is 0.0535. The van der Waals surface area contributed by atoms with Crippen LogP contribution < -0.4 is 5.32 Å². The van der Waals surface area contributed by atoms with E-state index in [0.717, 1.165) is 33.5 Å². The Morgan fingerprint density at radius 3 is 2.89 bits per heavy atom. The first-order chi connectivity index (χ1) is 13.2. The number of H-pyrrole nitrogens is 1. The number of rotatable bonds is 7. The summed E-state index contributed by atoms with van der Waals surface area (Å²) in [5.41, 5.74) is 3.39. The maximum absolute atomic E-state index is 12.5. The van der Waals surface area contributed by atoms with Crippen LogP contribution >= 0.6 is 22.9 Å². The summed E-state index contributed by atoms with van der Waals surface area (Å²) in [7, 11) is 0. The molecule has 3 heterocycles. The molecule has 27 heavy (non-hydrogen) atoms. The van der Waals surface area contributed by atoms with Gasteiger partial charge in [-0.15, -0.1) is 0 Å². The Hall–Kier alpha value is -2.50. The molecule has 1 aromatic carbocycles. The van der Waals surface area contributed by atoms with Crippen LogP contribution in [0.3, 0.4) is 0 Å². The Morgan fingerprint density at radius 1 is 1.26 bits per heavy atom. The molecule has 138 valence electrons. The number of hydrogen-bond acceptors (Lipinski definition) is 2. The predicted octanol–water partition coefficient (Wildman–Crippen LogP) is 5.02. The van der Waals surface area contributed by atoms with Gasteiger partial charge in [-0.3, -0.25) is 4.79 Å². The van der Waals surface area contributed by atoms with Crippen molar-refractivity contribution in [1.29, 1.82) is 0 Å². The number of nitrogens with one attached hydrogen (secondary N) is 2. The van der Waals surface area contributed by atoms with E-state index in [-0.39, 0.29) is 11.9 Å². The van der Waals surface area contributed by atoms with Crippen LogP contribution in [-0.2, 0) is 11.2 Å². The molecule has 0 saturated carbocycles. The van der Waals surface area contributed by atoms with E-state index in [4.69, 9.17) is 11.6 Å². The first-order valence-electron chi connectivity index (χ1n) is 8.87. The van der Waals surface area contributed by atoms with Gasteiger partial charge in [-0.25, -0.2) is 0 Å². The van der Waals surface area contributed by atoms with Gasteiger partial charge in [0.05, 0.1) is 12.5 Å². The Balaban J connectivity index is 1.38. The third kappa shape index (κ3) is 4.10. The number of halogens is 1. The van der Waals surface area contributed by atoms with Crippen LogP contribution in [0.1, 0.15) is 23.6 Å². The van der Waals surface area contributed by atoms with Crippen LogP contribution in [0, 0.1) is 0 Å². The van der Waals surface area contributed by atoms with E-state index in [9.17, 15) is 4.79 Å². The van der Waals surface area contributed by atoms with Crippen LogP contribution in [0.5, 0.6) is 0 Å². The minimum Gasteiger partial charge on any atom is -0.361 e. The SMILES string of the molecule is O=C(C[C@@H](c1ccsc1)n1cccc1)NCCc1c[nH]c2ccc(Cl)cc12. The lowest BCUT2D eigenvalue weighted by Crippen LogP contribution is -2.28. The second-order valence-corrected chi connectivity index (χ2v) is 7.73. The minimum absolute atomic E-state index is 0.0261. The number of benzene rings is 1. The summed E-state index contributed by atoms with van der Waals surface area (Å²) in [4.78, 5) is 15.8. The second-order valence-electron chi connectivity index (χ2n) is 6.51. The van der Waals surface area contributed by atoms with E-state index in [2.05, 4.69) is 26.3 Å². The third-order valence-electron chi connectivity index (χ3n) is 4.74. The average Bonchev–Trinajstić information content (AvgIpc) is 3.42. The van der Waals surface area contributed by atoms with Gasteiger partial charge >= 0.3 is 0 Å². The average molecular weight is 398 g/mol. The van der Waals surface area contributed by atoms with Crippen LogP contribution in [0.2, 0.25) is 5.02 Å². The molecular formula is C21H20ClN3OS. The Morgan fingerprint density at radius 2 is 2.11 bits per heavy atom. The van der Waals surface area contributed by atoms with Crippen molar-refractivity contribution in [2.75, 3.05) is 6.54 Å². The molecular weight excluding hydrogens is 378 g/mol. The van der Waals surface area contributed by atoms with Crippen molar-refractivity contribution in [2.24, 2.45) is 0 Å². The van der Waals surface area contributed by atoms with Gasteiger partial charge in [0.25, 0.3) is 0 Å². The molecule has 0 aliphatic rings. The first-order valence-corrected chi connectivity index (χ1v) is 10.2. The van der Waals surface area contributed by atoms with E-state index in [0.29, 0.717) is 13.0 Å². The molecule has 0 radical (unpaired) electrons. The van der Waals surface area contributed by atoms with Crippen molar-refractivity contribution in [3.05, 3.63) is 81.9 Å². The van der Waals surface area contributed by atoms with E-state index in [1.807, 2.05) is 54.3 Å². The number of amides is 1. The zero-order valence-corrected chi connectivity index (χ0v) is 16.3. The van der Waals surface area contributed by atoms with Crippen molar-refractivity contribution in [3.63, 3.8) is 0 Å². The van der Waals surface area contributed by atoms with E-state index in [1.54, 1.807) is 11.3 Å². The number of carbonyl (C=O) groups is 1. The number of fused-ring (bicyclic) bond motifs is 1.